The van der Waals surface area contributed by atoms with Gasteiger partial charge >= 0.3 is 0 Å². The molecule has 0 N–H and O–H groups in total. The van der Waals surface area contributed by atoms with Gasteiger partial charge < -0.3 is 4.74 Å². The molecule has 2 atom stereocenters. The number of thiol groups is 1. The molecule has 0 radical (unpaired) electrons. The van der Waals surface area contributed by atoms with Crippen LogP contribution in [0.5, 0.6) is 0 Å². The van der Waals surface area contributed by atoms with Crippen molar-refractivity contribution < 1.29 is 4.74 Å². The van der Waals surface area contributed by atoms with Gasteiger partial charge in [-0.3, -0.25) is 0 Å². The molecule has 0 spiro atoms. The molecule has 0 aliphatic carbocycles. The summed E-state index contributed by atoms with van der Waals surface area (Å²) < 4.78 is 5.51. The fourth-order valence-corrected chi connectivity index (χ4v) is 1.71. The van der Waals surface area contributed by atoms with E-state index in [2.05, 4.69) is 24.2 Å². The molecule has 16 heavy (non-hydrogen) atoms. The first-order valence-electron chi connectivity index (χ1n) is 5.08. The Morgan fingerprint density at radius 1 is 1.25 bits per heavy atom. The Labute approximate surface area is 101 Å². The normalized spacial score (nSPS) is 24.2. The molecule has 1 aliphatic rings. The van der Waals surface area contributed by atoms with Crippen LogP contribution in [0.15, 0.2) is 54.1 Å². The molecule has 0 amide bonds. The van der Waals surface area contributed by atoms with Crippen LogP contribution in [0.2, 0.25) is 0 Å². The van der Waals surface area contributed by atoms with Gasteiger partial charge in [-0.25, -0.2) is 4.99 Å². The van der Waals surface area contributed by atoms with E-state index in [0.29, 0.717) is 5.90 Å². The molecule has 3 heteroatoms. The molecule has 2 nitrogen and oxygen atoms in total. The first kappa shape index (κ1) is 11.0. The zero-order valence-corrected chi connectivity index (χ0v) is 9.68. The molecular weight excluding hydrogens is 218 g/mol. The van der Waals surface area contributed by atoms with Crippen molar-refractivity contribution in [3.05, 3.63) is 54.6 Å². The highest BCUT2D eigenvalue weighted by molar-refractivity contribution is 7.81. The number of hydrogen-bond acceptors (Lipinski definition) is 3. The van der Waals surface area contributed by atoms with Crippen molar-refractivity contribution in [3.63, 3.8) is 0 Å². The average molecular weight is 231 g/mol. The van der Waals surface area contributed by atoms with Crippen LogP contribution in [-0.2, 0) is 4.74 Å². The average Bonchev–Trinajstić information content (AvgIpc) is 2.69. The Morgan fingerprint density at radius 3 is 2.62 bits per heavy atom. The van der Waals surface area contributed by atoms with Crippen LogP contribution in [0, 0.1) is 0 Å². The van der Waals surface area contributed by atoms with Crippen molar-refractivity contribution in [2.24, 2.45) is 4.99 Å². The fourth-order valence-electron chi connectivity index (χ4n) is 1.42. The monoisotopic (exact) mass is 231 g/mol. The third-order valence-electron chi connectivity index (χ3n) is 2.26. The van der Waals surface area contributed by atoms with Gasteiger partial charge in [0.05, 0.1) is 0 Å². The van der Waals surface area contributed by atoms with Crippen molar-refractivity contribution in [2.45, 2.75) is 11.5 Å². The van der Waals surface area contributed by atoms with Crippen LogP contribution in [0.4, 0.5) is 0 Å². The van der Waals surface area contributed by atoms with E-state index in [4.69, 9.17) is 4.74 Å². The lowest BCUT2D eigenvalue weighted by Crippen LogP contribution is -2.13. The van der Waals surface area contributed by atoms with Crippen LogP contribution >= 0.6 is 12.6 Å². The minimum absolute atomic E-state index is 0.126. The van der Waals surface area contributed by atoms with Crippen LogP contribution in [0.25, 0.3) is 6.08 Å². The molecule has 0 unspecified atom stereocenters. The fraction of sp³-hybridized carbons (Fsp3) is 0.154. The van der Waals surface area contributed by atoms with Gasteiger partial charge in [0.2, 0.25) is 5.90 Å². The summed E-state index contributed by atoms with van der Waals surface area (Å²) in [6, 6.07) is 10.0. The van der Waals surface area contributed by atoms with E-state index in [-0.39, 0.29) is 11.5 Å². The Hall–Kier alpha value is -1.48. The summed E-state index contributed by atoms with van der Waals surface area (Å²) in [5.74, 6) is 0.605. The summed E-state index contributed by atoms with van der Waals surface area (Å²) in [6.45, 7) is 3.67. The molecular formula is C13H13NOS. The second kappa shape index (κ2) is 5.03. The Bertz CT molecular complexity index is 425. The first-order chi connectivity index (χ1) is 7.79. The summed E-state index contributed by atoms with van der Waals surface area (Å²) in [7, 11) is 0. The van der Waals surface area contributed by atoms with Crippen molar-refractivity contribution in [2.75, 3.05) is 0 Å². The highest BCUT2D eigenvalue weighted by Gasteiger charge is 2.23. The predicted octanol–water partition coefficient (Wildman–Crippen LogP) is 2.94. The molecule has 1 heterocycles. The van der Waals surface area contributed by atoms with Crippen molar-refractivity contribution >= 4 is 24.6 Å². The minimum Gasteiger partial charge on any atom is -0.467 e. The lowest BCUT2D eigenvalue weighted by atomic mass is 10.2. The summed E-state index contributed by atoms with van der Waals surface area (Å²) in [6.07, 6.45) is 5.40. The third kappa shape index (κ3) is 2.55. The highest BCUT2D eigenvalue weighted by atomic mass is 32.1. The predicted molar refractivity (Wildman–Crippen MR) is 70.8 cm³/mol. The van der Waals surface area contributed by atoms with Crippen molar-refractivity contribution in [3.8, 4) is 0 Å². The van der Waals surface area contributed by atoms with E-state index in [0.717, 1.165) is 5.56 Å². The summed E-state index contributed by atoms with van der Waals surface area (Å²) >= 11 is 4.29. The third-order valence-corrected chi connectivity index (χ3v) is 2.67. The largest absolute Gasteiger partial charge is 0.467 e. The maximum absolute atomic E-state index is 5.51. The maximum Gasteiger partial charge on any atom is 0.210 e. The minimum atomic E-state index is -0.145. The van der Waals surface area contributed by atoms with Crippen molar-refractivity contribution in [1.29, 1.82) is 0 Å². The summed E-state index contributed by atoms with van der Waals surface area (Å²) in [5.41, 5.74) is 1.12. The molecule has 0 saturated heterocycles. The molecule has 2 rings (SSSR count). The molecule has 0 saturated carbocycles. The van der Waals surface area contributed by atoms with Gasteiger partial charge in [-0.1, -0.05) is 36.9 Å². The van der Waals surface area contributed by atoms with Gasteiger partial charge in [0, 0.05) is 6.08 Å². The Balaban J connectivity index is 2.04. The van der Waals surface area contributed by atoms with E-state index in [9.17, 15) is 0 Å². The van der Waals surface area contributed by atoms with E-state index in [1.807, 2.05) is 42.5 Å². The van der Waals surface area contributed by atoms with Gasteiger partial charge in [0.1, 0.15) is 11.5 Å². The van der Waals surface area contributed by atoms with E-state index in [1.54, 1.807) is 6.08 Å². The topological polar surface area (TPSA) is 21.6 Å². The van der Waals surface area contributed by atoms with Crippen LogP contribution < -0.4 is 0 Å². The van der Waals surface area contributed by atoms with Gasteiger partial charge in [-0.2, -0.15) is 0 Å². The summed E-state index contributed by atoms with van der Waals surface area (Å²) in [4.78, 5) is 4.26. The lowest BCUT2D eigenvalue weighted by molar-refractivity contribution is 0.269. The quantitative estimate of drug-likeness (QED) is 0.627. The lowest BCUT2D eigenvalue weighted by Gasteiger charge is -2.06. The zero-order valence-electron chi connectivity index (χ0n) is 8.78. The van der Waals surface area contributed by atoms with Gasteiger partial charge in [0.25, 0.3) is 0 Å². The van der Waals surface area contributed by atoms with Crippen LogP contribution in [0.1, 0.15) is 5.56 Å². The van der Waals surface area contributed by atoms with E-state index >= 15 is 0 Å². The second-order valence-electron chi connectivity index (χ2n) is 3.44. The zero-order chi connectivity index (χ0) is 11.4. The molecule has 1 aromatic carbocycles. The summed E-state index contributed by atoms with van der Waals surface area (Å²) in [5, 5.41) is -0.145. The molecule has 0 bridgehead atoms. The molecule has 82 valence electrons. The smallest absolute Gasteiger partial charge is 0.210 e. The number of benzene rings is 1. The molecule has 0 aromatic heterocycles. The Kier molecular flexibility index (Phi) is 3.47. The highest BCUT2D eigenvalue weighted by Crippen LogP contribution is 2.18. The van der Waals surface area contributed by atoms with E-state index in [1.165, 1.54) is 0 Å². The second-order valence-corrected chi connectivity index (χ2v) is 3.97. The number of hydrogen-bond donors (Lipinski definition) is 1. The van der Waals surface area contributed by atoms with Gasteiger partial charge in [-0.05, 0) is 17.7 Å². The van der Waals surface area contributed by atoms with Crippen LogP contribution in [-0.4, -0.2) is 17.4 Å². The first-order valence-corrected chi connectivity index (χ1v) is 5.59. The SMILES string of the molecule is C=C[C@@H]1OC(/C=C/c2ccccc2)=N[C@H]1S. The number of nitrogens with zero attached hydrogens (tertiary/aromatic N) is 1. The maximum atomic E-state index is 5.51. The van der Waals surface area contributed by atoms with Gasteiger partial charge in [0.15, 0.2) is 0 Å². The number of rotatable bonds is 3. The molecule has 1 aromatic rings. The molecule has 0 fully saturated rings. The number of aliphatic imine (C=N–C) groups is 1. The number of ether oxygens (including phenoxy) is 1. The standard InChI is InChI=1S/C13H13NOS/c1-2-11-13(16)14-12(15-11)9-8-10-6-4-3-5-7-10/h2-9,11,13,16H,1H2/b9-8+/t11-,13-/m0/s1. The molecule has 1 aliphatic heterocycles. The van der Waals surface area contributed by atoms with Gasteiger partial charge in [-0.15, -0.1) is 12.6 Å². The van der Waals surface area contributed by atoms with E-state index < -0.39 is 0 Å². The Morgan fingerprint density at radius 2 is 2.00 bits per heavy atom. The van der Waals surface area contributed by atoms with Crippen LogP contribution in [0.3, 0.4) is 0 Å². The van der Waals surface area contributed by atoms with Crippen molar-refractivity contribution in [1.82, 2.24) is 0 Å².